The van der Waals surface area contributed by atoms with Crippen LogP contribution < -0.4 is 5.32 Å². The molecule has 1 heterocycles. The van der Waals surface area contributed by atoms with Gasteiger partial charge >= 0.3 is 0 Å². The number of hydrogen-bond donors (Lipinski definition) is 8. The number of hydrogen-bond acceptors (Lipinski definition) is 10. The number of aliphatic hydroxyl groups is 7. The first-order valence-electron chi connectivity index (χ1n) is 22.9. The molecule has 1 saturated heterocycles. The van der Waals surface area contributed by atoms with E-state index in [4.69, 9.17) is 9.47 Å². The highest BCUT2D eigenvalue weighted by Crippen LogP contribution is 2.23. The van der Waals surface area contributed by atoms with Crippen LogP contribution in [0.3, 0.4) is 0 Å². The highest BCUT2D eigenvalue weighted by molar-refractivity contribution is 5.80. The summed E-state index contributed by atoms with van der Waals surface area (Å²) in [6, 6.07) is -1.16. The van der Waals surface area contributed by atoms with Crippen LogP contribution in [0, 0.1) is 0 Å². The molecule has 0 spiro atoms. The van der Waals surface area contributed by atoms with Crippen molar-refractivity contribution in [2.45, 2.75) is 262 Å². The molecule has 1 aliphatic heterocycles. The largest absolute Gasteiger partial charge is 0.394 e. The second kappa shape index (κ2) is 35.1. The number of nitrogens with one attached hydrogen (secondary N) is 1. The molecule has 328 valence electrons. The van der Waals surface area contributed by atoms with E-state index in [1.54, 1.807) is 0 Å². The molecular weight excluding hydrogens is 702 g/mol. The Bertz CT molecular complexity index is 866. The third kappa shape index (κ3) is 25.3. The summed E-state index contributed by atoms with van der Waals surface area (Å²) >= 11 is 0. The second-order valence-corrected chi connectivity index (χ2v) is 16.5. The van der Waals surface area contributed by atoms with E-state index in [9.17, 15) is 40.5 Å². The lowest BCUT2D eigenvalue weighted by molar-refractivity contribution is -0.303. The van der Waals surface area contributed by atoms with Crippen molar-refractivity contribution < 1.29 is 50.0 Å². The number of rotatable bonds is 38. The van der Waals surface area contributed by atoms with Crippen LogP contribution in [-0.4, -0.2) is 110 Å². The number of unbranched alkanes of at least 4 members (excludes halogenated alkanes) is 26. The molecule has 8 N–H and O–H groups in total. The molecule has 11 nitrogen and oxygen atoms in total. The van der Waals surface area contributed by atoms with Gasteiger partial charge in [-0.3, -0.25) is 4.79 Å². The summed E-state index contributed by atoms with van der Waals surface area (Å²) in [5.41, 5.74) is 0. The average molecular weight is 790 g/mol. The van der Waals surface area contributed by atoms with Crippen LogP contribution in [-0.2, 0) is 14.3 Å². The predicted octanol–water partition coefficient (Wildman–Crippen LogP) is 7.11. The summed E-state index contributed by atoms with van der Waals surface area (Å²) in [6.07, 6.45) is 22.9. The first kappa shape index (κ1) is 52.1. The quantitative estimate of drug-likeness (QED) is 0.0300. The Morgan fingerprint density at radius 3 is 1.35 bits per heavy atom. The van der Waals surface area contributed by atoms with Crippen LogP contribution in [0.4, 0.5) is 0 Å². The average Bonchev–Trinajstić information content (AvgIpc) is 3.18. The van der Waals surface area contributed by atoms with Crippen molar-refractivity contribution in [3.63, 3.8) is 0 Å². The van der Waals surface area contributed by atoms with Gasteiger partial charge in [-0.05, 0) is 12.8 Å². The molecule has 1 rings (SSSR count). The van der Waals surface area contributed by atoms with Crippen LogP contribution in [0.2, 0.25) is 0 Å². The zero-order valence-electron chi connectivity index (χ0n) is 35.2. The minimum absolute atomic E-state index is 0.265. The highest BCUT2D eigenvalue weighted by atomic mass is 16.7. The van der Waals surface area contributed by atoms with E-state index in [0.717, 1.165) is 38.5 Å². The van der Waals surface area contributed by atoms with Gasteiger partial charge in [-0.2, -0.15) is 0 Å². The standard InChI is InChI=1S/C44H87NO10/c1-3-5-7-9-11-13-15-17-18-19-20-22-23-25-27-29-31-36(47)39(49)35(34-54-44-42(52)41(51)40(50)38(33-46)55-44)45-43(53)37(48)32-30-28-26-24-21-16-14-12-10-8-6-4-2/h35-42,44,46-52H,3-34H2,1-2H3,(H,45,53). The van der Waals surface area contributed by atoms with E-state index in [1.807, 2.05) is 0 Å². The lowest BCUT2D eigenvalue weighted by Gasteiger charge is -2.40. The summed E-state index contributed by atoms with van der Waals surface area (Å²) in [7, 11) is 0. The van der Waals surface area contributed by atoms with Gasteiger partial charge in [-0.1, -0.05) is 194 Å². The SMILES string of the molecule is CCCCCCCCCCCCCCCCCCC(O)C(O)C(COC1OC(CO)C(O)C(O)C1O)NC(=O)C(O)CCCCCCCCCCCCCC. The van der Waals surface area contributed by atoms with Crippen LogP contribution in [0.25, 0.3) is 0 Å². The molecule has 1 aliphatic rings. The third-order valence-corrected chi connectivity index (χ3v) is 11.4. The van der Waals surface area contributed by atoms with Crippen molar-refractivity contribution in [1.82, 2.24) is 5.32 Å². The molecular formula is C44H87NO10. The first-order chi connectivity index (χ1) is 26.7. The number of ether oxygens (including phenoxy) is 2. The van der Waals surface area contributed by atoms with Crippen molar-refractivity contribution in [3.8, 4) is 0 Å². The lowest BCUT2D eigenvalue weighted by atomic mass is 9.98. The molecule has 0 aromatic heterocycles. The van der Waals surface area contributed by atoms with Crippen LogP contribution >= 0.6 is 0 Å². The Morgan fingerprint density at radius 1 is 0.564 bits per heavy atom. The molecule has 11 heteroatoms. The maximum Gasteiger partial charge on any atom is 0.249 e. The summed E-state index contributed by atoms with van der Waals surface area (Å²) in [5, 5.41) is 75.6. The topological polar surface area (TPSA) is 189 Å². The van der Waals surface area contributed by atoms with E-state index in [1.165, 1.54) is 128 Å². The zero-order valence-corrected chi connectivity index (χ0v) is 35.2. The van der Waals surface area contributed by atoms with Crippen molar-refractivity contribution in [2.75, 3.05) is 13.2 Å². The molecule has 0 aromatic carbocycles. The van der Waals surface area contributed by atoms with E-state index in [0.29, 0.717) is 19.3 Å². The molecule has 0 aliphatic carbocycles. The van der Waals surface area contributed by atoms with Crippen LogP contribution in [0.15, 0.2) is 0 Å². The molecule has 0 saturated carbocycles. The molecule has 0 radical (unpaired) electrons. The maximum absolute atomic E-state index is 13.0. The van der Waals surface area contributed by atoms with Crippen molar-refractivity contribution >= 4 is 5.91 Å². The molecule has 55 heavy (non-hydrogen) atoms. The normalized spacial score (nSPS) is 22.4. The van der Waals surface area contributed by atoms with Crippen molar-refractivity contribution in [3.05, 3.63) is 0 Å². The van der Waals surface area contributed by atoms with Crippen molar-refractivity contribution in [2.24, 2.45) is 0 Å². The number of amides is 1. The van der Waals surface area contributed by atoms with Crippen LogP contribution in [0.5, 0.6) is 0 Å². The fourth-order valence-electron chi connectivity index (χ4n) is 7.56. The monoisotopic (exact) mass is 790 g/mol. The Morgan fingerprint density at radius 2 is 0.945 bits per heavy atom. The van der Waals surface area contributed by atoms with Gasteiger partial charge in [0.1, 0.15) is 36.6 Å². The maximum atomic E-state index is 13.0. The van der Waals surface area contributed by atoms with Crippen LogP contribution in [0.1, 0.15) is 206 Å². The molecule has 9 unspecified atom stereocenters. The van der Waals surface area contributed by atoms with Gasteiger partial charge in [-0.15, -0.1) is 0 Å². The van der Waals surface area contributed by atoms with Gasteiger partial charge < -0.3 is 50.5 Å². The van der Waals surface area contributed by atoms with Gasteiger partial charge in [0.05, 0.1) is 25.4 Å². The van der Waals surface area contributed by atoms with Gasteiger partial charge in [0.25, 0.3) is 0 Å². The number of aliphatic hydroxyl groups excluding tert-OH is 7. The fourth-order valence-corrected chi connectivity index (χ4v) is 7.56. The number of carbonyl (C=O) groups is 1. The first-order valence-corrected chi connectivity index (χ1v) is 22.9. The predicted molar refractivity (Wildman–Crippen MR) is 220 cm³/mol. The summed E-state index contributed by atoms with van der Waals surface area (Å²) in [6.45, 7) is 3.44. The summed E-state index contributed by atoms with van der Waals surface area (Å²) in [5.74, 6) is -0.695. The van der Waals surface area contributed by atoms with Gasteiger partial charge in [0.2, 0.25) is 5.91 Å². The number of carbonyl (C=O) groups excluding carboxylic acids is 1. The van der Waals surface area contributed by atoms with E-state index >= 15 is 0 Å². The zero-order chi connectivity index (χ0) is 40.5. The Labute approximate surface area is 335 Å². The lowest BCUT2D eigenvalue weighted by Crippen LogP contribution is -2.60. The molecule has 0 aromatic rings. The minimum atomic E-state index is -1.65. The Kier molecular flexibility index (Phi) is 33.3. The Balaban J connectivity index is 2.46. The molecule has 9 atom stereocenters. The molecule has 1 fully saturated rings. The third-order valence-electron chi connectivity index (χ3n) is 11.4. The molecule has 0 bridgehead atoms. The fraction of sp³-hybridized carbons (Fsp3) is 0.977. The van der Waals surface area contributed by atoms with Gasteiger partial charge in [-0.25, -0.2) is 0 Å². The molecule has 1 amide bonds. The minimum Gasteiger partial charge on any atom is -0.394 e. The van der Waals surface area contributed by atoms with E-state index < -0.39 is 74.2 Å². The summed E-state index contributed by atoms with van der Waals surface area (Å²) in [4.78, 5) is 13.0. The van der Waals surface area contributed by atoms with E-state index in [2.05, 4.69) is 19.2 Å². The summed E-state index contributed by atoms with van der Waals surface area (Å²) < 4.78 is 11.1. The smallest absolute Gasteiger partial charge is 0.249 e. The highest BCUT2D eigenvalue weighted by Gasteiger charge is 2.44. The second-order valence-electron chi connectivity index (χ2n) is 16.5. The van der Waals surface area contributed by atoms with Gasteiger partial charge in [0.15, 0.2) is 6.29 Å². The van der Waals surface area contributed by atoms with Crippen molar-refractivity contribution in [1.29, 1.82) is 0 Å². The Hall–Kier alpha value is -0.890. The van der Waals surface area contributed by atoms with E-state index in [-0.39, 0.29) is 6.42 Å². The van der Waals surface area contributed by atoms with Gasteiger partial charge in [0, 0.05) is 0 Å².